The normalized spacial score (nSPS) is 30.5. The van der Waals surface area contributed by atoms with Crippen molar-refractivity contribution >= 4 is 11.6 Å². The van der Waals surface area contributed by atoms with Gasteiger partial charge in [-0.05, 0) is 50.4 Å². The van der Waals surface area contributed by atoms with Gasteiger partial charge in [-0.3, -0.25) is 4.90 Å². The predicted octanol–water partition coefficient (Wildman–Crippen LogP) is 2.39. The Bertz CT molecular complexity index is 596. The van der Waals surface area contributed by atoms with E-state index >= 15 is 0 Å². The molecule has 3 heterocycles. The van der Waals surface area contributed by atoms with E-state index < -0.39 is 0 Å². The summed E-state index contributed by atoms with van der Waals surface area (Å²) in [7, 11) is 0. The van der Waals surface area contributed by atoms with Crippen molar-refractivity contribution in [3.05, 3.63) is 12.4 Å². The minimum atomic E-state index is 0.274. The first-order valence-corrected chi connectivity index (χ1v) is 10.9. The maximum Gasteiger partial charge on any atom is 0.134 e. The van der Waals surface area contributed by atoms with Crippen LogP contribution in [0.1, 0.15) is 45.4 Å². The largest absolute Gasteiger partial charge is 0.396 e. The number of aliphatic hydroxyl groups excluding tert-OH is 1. The second-order valence-corrected chi connectivity index (χ2v) is 8.81. The number of aromatic nitrogens is 2. The third-order valence-corrected chi connectivity index (χ3v) is 6.88. The molecule has 0 amide bonds. The van der Waals surface area contributed by atoms with Crippen LogP contribution in [0.4, 0.5) is 11.6 Å². The molecule has 1 aliphatic carbocycles. The quantitative estimate of drug-likeness (QED) is 0.875. The second-order valence-electron chi connectivity index (χ2n) is 8.81. The lowest BCUT2D eigenvalue weighted by atomic mass is 9.86. The molecular formula is C21H35N5O. The van der Waals surface area contributed by atoms with Gasteiger partial charge in [-0.2, -0.15) is 0 Å². The summed E-state index contributed by atoms with van der Waals surface area (Å²) in [4.78, 5) is 16.5. The Kier molecular flexibility index (Phi) is 6.13. The minimum absolute atomic E-state index is 0.274. The topological polar surface area (TPSA) is 55.7 Å². The van der Waals surface area contributed by atoms with Gasteiger partial charge in [0.15, 0.2) is 0 Å². The second kappa shape index (κ2) is 8.74. The lowest BCUT2D eigenvalue weighted by molar-refractivity contribution is 0.132. The van der Waals surface area contributed by atoms with Crippen molar-refractivity contribution in [2.24, 2.45) is 11.8 Å². The number of aliphatic hydroxyl groups is 1. The van der Waals surface area contributed by atoms with E-state index in [4.69, 9.17) is 0 Å². The molecular weight excluding hydrogens is 338 g/mol. The van der Waals surface area contributed by atoms with Crippen LogP contribution >= 0.6 is 0 Å². The Hall–Kier alpha value is -1.40. The standard InChI is InChI=1S/C21H35N5O/c1-17-4-6-19(7-5-17)24-9-11-25(12-10-24)20-13-21(23-16-22-20)26-8-2-3-18(14-26)15-27/h13,16-19,27H,2-12,14-15H2,1H3. The van der Waals surface area contributed by atoms with Crippen molar-refractivity contribution in [1.29, 1.82) is 0 Å². The molecule has 1 aromatic heterocycles. The molecule has 2 aliphatic heterocycles. The zero-order chi connectivity index (χ0) is 18.6. The average Bonchev–Trinajstić information content (AvgIpc) is 2.74. The molecule has 1 atom stereocenters. The van der Waals surface area contributed by atoms with Gasteiger partial charge >= 0.3 is 0 Å². The first-order valence-electron chi connectivity index (χ1n) is 10.9. The van der Waals surface area contributed by atoms with Crippen molar-refractivity contribution in [1.82, 2.24) is 14.9 Å². The highest BCUT2D eigenvalue weighted by atomic mass is 16.3. The summed E-state index contributed by atoms with van der Waals surface area (Å²) >= 11 is 0. The van der Waals surface area contributed by atoms with E-state index in [9.17, 15) is 5.11 Å². The Labute approximate surface area is 163 Å². The fourth-order valence-electron chi connectivity index (χ4n) is 5.03. The third-order valence-electron chi connectivity index (χ3n) is 6.88. The van der Waals surface area contributed by atoms with E-state index in [1.54, 1.807) is 6.33 Å². The zero-order valence-electron chi connectivity index (χ0n) is 16.8. The van der Waals surface area contributed by atoms with Gasteiger partial charge in [0, 0.05) is 58.0 Å². The molecule has 2 saturated heterocycles. The van der Waals surface area contributed by atoms with Crippen LogP contribution in [0, 0.1) is 11.8 Å². The number of rotatable bonds is 4. The van der Waals surface area contributed by atoms with Crippen molar-refractivity contribution < 1.29 is 5.11 Å². The fourth-order valence-corrected chi connectivity index (χ4v) is 5.03. The van der Waals surface area contributed by atoms with Crippen molar-refractivity contribution in [3.63, 3.8) is 0 Å². The molecule has 150 valence electrons. The Morgan fingerprint density at radius 2 is 1.63 bits per heavy atom. The monoisotopic (exact) mass is 373 g/mol. The van der Waals surface area contributed by atoms with E-state index in [1.807, 2.05) is 0 Å². The zero-order valence-corrected chi connectivity index (χ0v) is 16.8. The van der Waals surface area contributed by atoms with Gasteiger partial charge < -0.3 is 14.9 Å². The Morgan fingerprint density at radius 1 is 0.926 bits per heavy atom. The molecule has 27 heavy (non-hydrogen) atoms. The fraction of sp³-hybridized carbons (Fsp3) is 0.810. The summed E-state index contributed by atoms with van der Waals surface area (Å²) in [6.45, 7) is 9.01. The summed E-state index contributed by atoms with van der Waals surface area (Å²) in [5.74, 6) is 3.37. The van der Waals surface area contributed by atoms with Crippen LogP contribution in [-0.2, 0) is 0 Å². The van der Waals surface area contributed by atoms with E-state index in [2.05, 4.69) is 37.7 Å². The number of hydrogen-bond acceptors (Lipinski definition) is 6. The number of anilines is 2. The summed E-state index contributed by atoms with van der Waals surface area (Å²) in [6.07, 6.45) is 9.49. The van der Waals surface area contributed by atoms with Gasteiger partial charge in [0.2, 0.25) is 0 Å². The van der Waals surface area contributed by atoms with Crippen LogP contribution < -0.4 is 9.80 Å². The van der Waals surface area contributed by atoms with Crippen LogP contribution in [-0.4, -0.2) is 71.9 Å². The summed E-state index contributed by atoms with van der Waals surface area (Å²) in [5.41, 5.74) is 0. The molecule has 6 heteroatoms. The van der Waals surface area contributed by atoms with Gasteiger partial charge in [-0.1, -0.05) is 6.92 Å². The maximum atomic E-state index is 9.49. The highest BCUT2D eigenvalue weighted by Crippen LogP contribution is 2.29. The van der Waals surface area contributed by atoms with E-state index in [-0.39, 0.29) is 6.61 Å². The molecule has 0 radical (unpaired) electrons. The number of nitrogens with zero attached hydrogens (tertiary/aromatic N) is 5. The van der Waals surface area contributed by atoms with Crippen LogP contribution in [0.5, 0.6) is 0 Å². The van der Waals surface area contributed by atoms with Crippen LogP contribution in [0.25, 0.3) is 0 Å². The molecule has 1 N–H and O–H groups in total. The van der Waals surface area contributed by atoms with Gasteiger partial charge in [0.1, 0.15) is 18.0 Å². The van der Waals surface area contributed by atoms with Gasteiger partial charge in [0.25, 0.3) is 0 Å². The predicted molar refractivity (Wildman–Crippen MR) is 109 cm³/mol. The van der Waals surface area contributed by atoms with E-state index in [0.717, 1.165) is 75.7 Å². The van der Waals surface area contributed by atoms with Gasteiger partial charge in [0.05, 0.1) is 0 Å². The number of piperazine rings is 1. The van der Waals surface area contributed by atoms with Crippen molar-refractivity contribution in [3.8, 4) is 0 Å². The third kappa shape index (κ3) is 4.54. The molecule has 0 aromatic carbocycles. The smallest absolute Gasteiger partial charge is 0.134 e. The molecule has 3 fully saturated rings. The van der Waals surface area contributed by atoms with Crippen LogP contribution in [0.2, 0.25) is 0 Å². The SMILES string of the molecule is CC1CCC(N2CCN(c3cc(N4CCCC(CO)C4)ncn3)CC2)CC1. The van der Waals surface area contributed by atoms with Crippen LogP contribution in [0.3, 0.4) is 0 Å². The lowest BCUT2D eigenvalue weighted by Crippen LogP contribution is -2.51. The van der Waals surface area contributed by atoms with Gasteiger partial charge in [-0.15, -0.1) is 0 Å². The molecule has 4 rings (SSSR count). The van der Waals surface area contributed by atoms with E-state index in [0.29, 0.717) is 5.92 Å². The number of piperidine rings is 1. The van der Waals surface area contributed by atoms with Crippen molar-refractivity contribution in [2.75, 3.05) is 55.7 Å². The highest BCUT2D eigenvalue weighted by Gasteiger charge is 2.28. The van der Waals surface area contributed by atoms with Crippen LogP contribution in [0.15, 0.2) is 12.4 Å². The average molecular weight is 374 g/mol. The summed E-state index contributed by atoms with van der Waals surface area (Å²) in [6, 6.07) is 2.95. The van der Waals surface area contributed by atoms with E-state index in [1.165, 1.54) is 25.7 Å². The Morgan fingerprint density at radius 3 is 2.33 bits per heavy atom. The first kappa shape index (κ1) is 18.9. The Balaban J connectivity index is 1.34. The lowest BCUT2D eigenvalue weighted by Gasteiger charge is -2.42. The van der Waals surface area contributed by atoms with Crippen molar-refractivity contribution in [2.45, 2.75) is 51.5 Å². The molecule has 3 aliphatic rings. The van der Waals surface area contributed by atoms with Gasteiger partial charge in [-0.25, -0.2) is 9.97 Å². The molecule has 1 aromatic rings. The highest BCUT2D eigenvalue weighted by molar-refractivity contribution is 5.50. The maximum absolute atomic E-state index is 9.49. The molecule has 0 bridgehead atoms. The molecule has 1 saturated carbocycles. The summed E-state index contributed by atoms with van der Waals surface area (Å²) in [5, 5.41) is 9.49. The first-order chi connectivity index (χ1) is 13.2. The molecule has 0 spiro atoms. The molecule has 6 nitrogen and oxygen atoms in total. The molecule has 1 unspecified atom stereocenters. The number of hydrogen-bond donors (Lipinski definition) is 1. The summed E-state index contributed by atoms with van der Waals surface area (Å²) < 4.78 is 0. The minimum Gasteiger partial charge on any atom is -0.396 e.